The number of benzene rings is 2. The van der Waals surface area contributed by atoms with Crippen LogP contribution < -0.4 is 4.74 Å². The SMILES string of the molecule is CCCCCCCCCCCCOc1ccc(CC(COCC)n2cnc3cnc4ccccc4c32)cc1. The van der Waals surface area contributed by atoms with Crippen LogP contribution in [0.5, 0.6) is 5.75 Å². The van der Waals surface area contributed by atoms with E-state index in [1.807, 2.05) is 25.5 Å². The first kappa shape index (κ1) is 28.1. The number of rotatable bonds is 18. The van der Waals surface area contributed by atoms with Gasteiger partial charge in [0.25, 0.3) is 0 Å². The Morgan fingerprint density at radius 1 is 0.763 bits per heavy atom. The minimum atomic E-state index is 0.143. The van der Waals surface area contributed by atoms with Gasteiger partial charge in [-0.15, -0.1) is 0 Å². The number of imidazole rings is 1. The molecule has 0 fully saturated rings. The molecular formula is C33H45N3O2. The first-order chi connectivity index (χ1) is 18.8. The molecule has 2 aromatic carbocycles. The largest absolute Gasteiger partial charge is 0.494 e. The maximum absolute atomic E-state index is 6.03. The molecule has 0 radical (unpaired) electrons. The van der Waals surface area contributed by atoms with Gasteiger partial charge in [-0.25, -0.2) is 4.98 Å². The fourth-order valence-electron chi connectivity index (χ4n) is 5.21. The number of ether oxygens (including phenoxy) is 2. The number of pyridine rings is 1. The Labute approximate surface area is 228 Å². The normalized spacial score (nSPS) is 12.4. The lowest BCUT2D eigenvalue weighted by Gasteiger charge is -2.20. The summed E-state index contributed by atoms with van der Waals surface area (Å²) in [5, 5.41) is 1.12. The highest BCUT2D eigenvalue weighted by molar-refractivity contribution is 6.02. The monoisotopic (exact) mass is 515 g/mol. The van der Waals surface area contributed by atoms with Crippen LogP contribution in [0.1, 0.15) is 89.7 Å². The third-order valence-corrected chi connectivity index (χ3v) is 7.38. The molecule has 4 rings (SSSR count). The molecule has 0 amide bonds. The van der Waals surface area contributed by atoms with Gasteiger partial charge in [0.2, 0.25) is 0 Å². The first-order valence-corrected chi connectivity index (χ1v) is 14.8. The number of fused-ring (bicyclic) bond motifs is 3. The molecule has 4 aromatic rings. The molecule has 0 saturated heterocycles. The maximum atomic E-state index is 6.03. The summed E-state index contributed by atoms with van der Waals surface area (Å²) in [6.07, 6.45) is 18.1. The van der Waals surface area contributed by atoms with Gasteiger partial charge in [0, 0.05) is 12.0 Å². The van der Waals surface area contributed by atoms with Gasteiger partial charge in [0.15, 0.2) is 0 Å². The van der Waals surface area contributed by atoms with E-state index in [9.17, 15) is 0 Å². The van der Waals surface area contributed by atoms with Crippen molar-refractivity contribution in [3.63, 3.8) is 0 Å². The maximum Gasteiger partial charge on any atom is 0.119 e. The van der Waals surface area contributed by atoms with Crippen molar-refractivity contribution >= 4 is 21.9 Å². The molecule has 0 aliphatic heterocycles. The Bertz CT molecular complexity index is 1220. The summed E-state index contributed by atoms with van der Waals surface area (Å²) in [6, 6.07) is 17.0. The van der Waals surface area contributed by atoms with Gasteiger partial charge in [0.05, 0.1) is 42.8 Å². The van der Waals surface area contributed by atoms with Crippen molar-refractivity contribution in [2.75, 3.05) is 19.8 Å². The number of aromatic nitrogens is 3. The van der Waals surface area contributed by atoms with Crippen LogP contribution in [0.15, 0.2) is 61.1 Å². The molecule has 0 aliphatic rings. The van der Waals surface area contributed by atoms with Gasteiger partial charge in [-0.2, -0.15) is 0 Å². The summed E-state index contributed by atoms with van der Waals surface area (Å²) in [5.74, 6) is 0.955. The molecule has 0 saturated carbocycles. The van der Waals surface area contributed by atoms with Crippen molar-refractivity contribution in [3.05, 3.63) is 66.6 Å². The van der Waals surface area contributed by atoms with Crippen molar-refractivity contribution in [2.24, 2.45) is 0 Å². The third-order valence-electron chi connectivity index (χ3n) is 7.38. The van der Waals surface area contributed by atoms with Crippen LogP contribution in [0.4, 0.5) is 0 Å². The van der Waals surface area contributed by atoms with Crippen molar-refractivity contribution < 1.29 is 9.47 Å². The van der Waals surface area contributed by atoms with E-state index >= 15 is 0 Å². The highest BCUT2D eigenvalue weighted by Gasteiger charge is 2.17. The summed E-state index contributed by atoms with van der Waals surface area (Å²) in [4.78, 5) is 9.24. The Balaban J connectivity index is 1.28. The highest BCUT2D eigenvalue weighted by Crippen LogP contribution is 2.28. The average molecular weight is 516 g/mol. The van der Waals surface area contributed by atoms with Crippen LogP contribution >= 0.6 is 0 Å². The molecule has 2 heterocycles. The lowest BCUT2D eigenvalue weighted by Crippen LogP contribution is -2.18. The number of para-hydroxylation sites is 1. The number of hydrogen-bond donors (Lipinski definition) is 0. The van der Waals surface area contributed by atoms with E-state index in [4.69, 9.17) is 9.47 Å². The molecule has 0 bridgehead atoms. The molecule has 0 N–H and O–H groups in total. The Hall–Kier alpha value is -2.92. The second-order valence-corrected chi connectivity index (χ2v) is 10.4. The zero-order valence-corrected chi connectivity index (χ0v) is 23.4. The van der Waals surface area contributed by atoms with Gasteiger partial charge in [0.1, 0.15) is 11.3 Å². The van der Waals surface area contributed by atoms with E-state index in [-0.39, 0.29) is 6.04 Å². The lowest BCUT2D eigenvalue weighted by atomic mass is 10.1. The smallest absolute Gasteiger partial charge is 0.119 e. The van der Waals surface area contributed by atoms with Crippen LogP contribution in [0, 0.1) is 0 Å². The summed E-state index contributed by atoms with van der Waals surface area (Å²) < 4.78 is 14.2. The standard InChI is InChI=1S/C33H45N3O2/c1-3-5-6-7-8-9-10-11-12-15-22-38-29-20-18-27(19-21-29)23-28(25-37-4-2)36-26-35-32-24-34-31-17-14-13-16-30(31)33(32)36/h13-14,16-21,24,26,28H,3-12,15,22-23,25H2,1-2H3. The zero-order chi connectivity index (χ0) is 26.4. The Kier molecular flexibility index (Phi) is 11.4. The van der Waals surface area contributed by atoms with Gasteiger partial charge in [-0.3, -0.25) is 4.98 Å². The minimum absolute atomic E-state index is 0.143. The van der Waals surface area contributed by atoms with E-state index in [0.29, 0.717) is 13.2 Å². The minimum Gasteiger partial charge on any atom is -0.494 e. The number of unbranched alkanes of at least 4 members (excludes halogenated alkanes) is 9. The van der Waals surface area contributed by atoms with Crippen molar-refractivity contribution in [2.45, 2.75) is 90.5 Å². The van der Waals surface area contributed by atoms with Crippen molar-refractivity contribution in [3.8, 4) is 5.75 Å². The first-order valence-electron chi connectivity index (χ1n) is 14.8. The summed E-state index contributed by atoms with van der Waals surface area (Å²) in [7, 11) is 0. The van der Waals surface area contributed by atoms with E-state index in [0.717, 1.165) is 47.1 Å². The molecule has 1 atom stereocenters. The van der Waals surface area contributed by atoms with Gasteiger partial charge in [-0.1, -0.05) is 95.0 Å². The van der Waals surface area contributed by atoms with Crippen LogP contribution in [0.25, 0.3) is 21.9 Å². The molecular weight excluding hydrogens is 470 g/mol. The topological polar surface area (TPSA) is 49.2 Å². The van der Waals surface area contributed by atoms with Crippen LogP contribution in [-0.4, -0.2) is 34.4 Å². The molecule has 1 unspecified atom stereocenters. The van der Waals surface area contributed by atoms with E-state index in [1.165, 1.54) is 63.4 Å². The van der Waals surface area contributed by atoms with Crippen LogP contribution in [-0.2, 0) is 11.2 Å². The lowest BCUT2D eigenvalue weighted by molar-refractivity contribution is 0.114. The number of hydrogen-bond acceptors (Lipinski definition) is 4. The van der Waals surface area contributed by atoms with E-state index in [2.05, 4.69) is 63.9 Å². The molecule has 38 heavy (non-hydrogen) atoms. The van der Waals surface area contributed by atoms with Crippen molar-refractivity contribution in [1.82, 2.24) is 14.5 Å². The second-order valence-electron chi connectivity index (χ2n) is 10.4. The highest BCUT2D eigenvalue weighted by atomic mass is 16.5. The summed E-state index contributed by atoms with van der Waals surface area (Å²) in [5.41, 5.74) is 4.29. The molecule has 5 nitrogen and oxygen atoms in total. The fourth-order valence-corrected chi connectivity index (χ4v) is 5.21. The van der Waals surface area contributed by atoms with Gasteiger partial charge >= 0.3 is 0 Å². The van der Waals surface area contributed by atoms with E-state index in [1.54, 1.807) is 0 Å². The predicted octanol–water partition coefficient (Wildman–Crippen LogP) is 8.70. The fraction of sp³-hybridized carbons (Fsp3) is 0.515. The summed E-state index contributed by atoms with van der Waals surface area (Å²) in [6.45, 7) is 6.45. The van der Waals surface area contributed by atoms with E-state index < -0.39 is 0 Å². The number of nitrogens with zero attached hydrogens (tertiary/aromatic N) is 3. The molecule has 0 spiro atoms. The molecule has 2 aromatic heterocycles. The predicted molar refractivity (Wildman–Crippen MR) is 158 cm³/mol. The van der Waals surface area contributed by atoms with Gasteiger partial charge < -0.3 is 14.0 Å². The zero-order valence-electron chi connectivity index (χ0n) is 23.4. The quantitative estimate of drug-likeness (QED) is 0.124. The third kappa shape index (κ3) is 8.04. The second kappa shape index (κ2) is 15.5. The van der Waals surface area contributed by atoms with Crippen LogP contribution in [0.3, 0.4) is 0 Å². The Morgan fingerprint density at radius 3 is 2.21 bits per heavy atom. The molecule has 5 heteroatoms. The van der Waals surface area contributed by atoms with Gasteiger partial charge in [-0.05, 0) is 43.5 Å². The molecule has 0 aliphatic carbocycles. The Morgan fingerprint density at radius 2 is 1.47 bits per heavy atom. The summed E-state index contributed by atoms with van der Waals surface area (Å²) >= 11 is 0. The average Bonchev–Trinajstić information content (AvgIpc) is 3.39. The van der Waals surface area contributed by atoms with Crippen LogP contribution in [0.2, 0.25) is 0 Å². The van der Waals surface area contributed by atoms with Crippen molar-refractivity contribution in [1.29, 1.82) is 0 Å². The molecule has 204 valence electrons.